The molecule has 2 nitrogen and oxygen atoms in total. The van der Waals surface area contributed by atoms with Gasteiger partial charge in [-0.2, -0.15) is 8.78 Å². The van der Waals surface area contributed by atoms with Crippen molar-refractivity contribution in [3.63, 3.8) is 0 Å². The predicted octanol–water partition coefficient (Wildman–Crippen LogP) is 1.95. The molecule has 1 aromatic heterocycles. The highest BCUT2D eigenvalue weighted by Gasteiger charge is 2.45. The molecule has 1 rings (SSSR count). The first-order valence-corrected chi connectivity index (χ1v) is 4.43. The highest BCUT2D eigenvalue weighted by Crippen LogP contribution is 2.32. The number of carbonyl (C=O) groups is 2. The molecule has 1 heterocycles. The minimum absolute atomic E-state index is 0.552. The van der Waals surface area contributed by atoms with E-state index in [1.807, 2.05) is 0 Å². The highest BCUT2D eigenvalue weighted by molar-refractivity contribution is 7.10. The van der Waals surface area contributed by atoms with Gasteiger partial charge in [-0.3, -0.25) is 9.59 Å². The summed E-state index contributed by atoms with van der Waals surface area (Å²) in [4.78, 5) is 20.7. The van der Waals surface area contributed by atoms with Crippen LogP contribution in [0.25, 0.3) is 0 Å². The molecule has 0 atom stereocenters. The number of Topliss-reactive ketones (excluding diaryl/α,β-unsaturated/α-hetero) is 2. The smallest absolute Gasteiger partial charge is 0.288 e. The molecule has 14 heavy (non-hydrogen) atoms. The summed E-state index contributed by atoms with van der Waals surface area (Å²) in [6.07, 6.45) is 0. The van der Waals surface area contributed by atoms with E-state index in [1.165, 1.54) is 11.4 Å². The summed E-state index contributed by atoms with van der Waals surface area (Å²) < 4.78 is 37.9. The molecule has 0 saturated heterocycles. The van der Waals surface area contributed by atoms with Gasteiger partial charge >= 0.3 is 5.92 Å². The Kier molecular flexibility index (Phi) is 3.05. The Balaban J connectivity index is 2.96. The van der Waals surface area contributed by atoms with Crippen molar-refractivity contribution < 1.29 is 22.8 Å². The average Bonchev–Trinajstić information content (AvgIpc) is 2.68. The Labute approximate surface area is 81.4 Å². The van der Waals surface area contributed by atoms with Crippen LogP contribution < -0.4 is 0 Å². The lowest BCUT2D eigenvalue weighted by Gasteiger charge is -2.10. The van der Waals surface area contributed by atoms with E-state index in [2.05, 4.69) is 0 Å². The normalized spacial score (nSPS) is 11.4. The standard InChI is InChI=1S/C8H5F3O2S/c9-4-5(12)7(13)8(10,11)6-2-1-3-14-6/h1-3H,4H2. The molecule has 0 fully saturated rings. The van der Waals surface area contributed by atoms with Crippen molar-refractivity contribution in [3.8, 4) is 0 Å². The molecule has 0 amide bonds. The van der Waals surface area contributed by atoms with Gasteiger partial charge in [0.1, 0.15) is 0 Å². The van der Waals surface area contributed by atoms with E-state index >= 15 is 0 Å². The molecule has 6 heteroatoms. The molecule has 76 valence electrons. The topological polar surface area (TPSA) is 34.1 Å². The molecule has 0 saturated carbocycles. The summed E-state index contributed by atoms with van der Waals surface area (Å²) >= 11 is 0.641. The van der Waals surface area contributed by atoms with E-state index in [4.69, 9.17) is 0 Å². The second-order valence-electron chi connectivity index (χ2n) is 2.44. The number of thiophene rings is 1. The van der Waals surface area contributed by atoms with Crippen LogP contribution in [0.3, 0.4) is 0 Å². The molecule has 0 N–H and O–H groups in total. The fourth-order valence-electron chi connectivity index (χ4n) is 0.805. The zero-order chi connectivity index (χ0) is 10.8. The number of ketones is 2. The largest absolute Gasteiger partial charge is 0.346 e. The number of carbonyl (C=O) groups excluding carboxylic acids is 2. The second kappa shape index (κ2) is 3.91. The molecule has 1 aromatic rings. The Bertz CT molecular complexity index is 345. The summed E-state index contributed by atoms with van der Waals surface area (Å²) in [7, 11) is 0. The van der Waals surface area contributed by atoms with Crippen molar-refractivity contribution in [3.05, 3.63) is 22.4 Å². The molecule has 0 aliphatic carbocycles. The van der Waals surface area contributed by atoms with Gasteiger partial charge in [-0.05, 0) is 11.4 Å². The minimum Gasteiger partial charge on any atom is -0.288 e. The zero-order valence-electron chi connectivity index (χ0n) is 6.80. The Morgan fingerprint density at radius 2 is 2.07 bits per heavy atom. The fourth-order valence-corrected chi connectivity index (χ4v) is 1.51. The van der Waals surface area contributed by atoms with Crippen molar-refractivity contribution in [1.29, 1.82) is 0 Å². The SMILES string of the molecule is O=C(CF)C(=O)C(F)(F)c1cccs1. The highest BCUT2D eigenvalue weighted by atomic mass is 32.1. The quantitative estimate of drug-likeness (QED) is 0.729. The molecule has 0 aliphatic rings. The Morgan fingerprint density at radius 1 is 1.43 bits per heavy atom. The second-order valence-corrected chi connectivity index (χ2v) is 3.39. The average molecular weight is 222 g/mol. The van der Waals surface area contributed by atoms with Crippen LogP contribution in [-0.2, 0) is 15.5 Å². The van der Waals surface area contributed by atoms with Gasteiger partial charge in [0.05, 0.1) is 4.88 Å². The number of alkyl halides is 3. The summed E-state index contributed by atoms with van der Waals surface area (Å²) in [5.74, 6) is -7.61. The van der Waals surface area contributed by atoms with Crippen LogP contribution in [0.2, 0.25) is 0 Å². The van der Waals surface area contributed by atoms with Gasteiger partial charge in [-0.15, -0.1) is 11.3 Å². The third-order valence-corrected chi connectivity index (χ3v) is 2.43. The first kappa shape index (κ1) is 10.9. The monoisotopic (exact) mass is 222 g/mol. The maximum absolute atomic E-state index is 13.1. The molecular formula is C8H5F3O2S. The summed E-state index contributed by atoms with van der Waals surface area (Å²) in [6, 6.07) is 2.34. The van der Waals surface area contributed by atoms with E-state index < -0.39 is 29.0 Å². The fraction of sp³-hybridized carbons (Fsp3) is 0.250. The number of halogens is 3. The molecule has 0 aromatic carbocycles. The third kappa shape index (κ3) is 1.84. The van der Waals surface area contributed by atoms with E-state index in [0.29, 0.717) is 11.3 Å². The van der Waals surface area contributed by atoms with Gasteiger partial charge in [0.25, 0.3) is 5.78 Å². The van der Waals surface area contributed by atoms with Gasteiger partial charge < -0.3 is 0 Å². The molecule has 0 bridgehead atoms. The van der Waals surface area contributed by atoms with E-state index in [1.54, 1.807) is 0 Å². The van der Waals surface area contributed by atoms with Crippen LogP contribution in [0, 0.1) is 0 Å². The maximum Gasteiger partial charge on any atom is 0.346 e. The van der Waals surface area contributed by atoms with Crippen LogP contribution in [0.5, 0.6) is 0 Å². The third-order valence-electron chi connectivity index (χ3n) is 1.49. The first-order valence-electron chi connectivity index (χ1n) is 3.55. The predicted molar refractivity (Wildman–Crippen MR) is 44.2 cm³/mol. The van der Waals surface area contributed by atoms with Gasteiger partial charge in [-0.1, -0.05) is 6.07 Å². The van der Waals surface area contributed by atoms with Gasteiger partial charge in [-0.25, -0.2) is 4.39 Å². The summed E-state index contributed by atoms with van der Waals surface area (Å²) in [5.41, 5.74) is 0. The molecule has 0 spiro atoms. The Hall–Kier alpha value is -1.17. The number of hydrogen-bond donors (Lipinski definition) is 0. The van der Waals surface area contributed by atoms with Gasteiger partial charge in [0.2, 0.25) is 5.78 Å². The minimum atomic E-state index is -3.91. The van der Waals surface area contributed by atoms with Crippen LogP contribution in [0.4, 0.5) is 13.2 Å². The van der Waals surface area contributed by atoms with E-state index in [9.17, 15) is 22.8 Å². The molecule has 0 aliphatic heterocycles. The first-order chi connectivity index (χ1) is 6.50. The Morgan fingerprint density at radius 3 is 2.50 bits per heavy atom. The van der Waals surface area contributed by atoms with Crippen LogP contribution in [-0.4, -0.2) is 18.2 Å². The van der Waals surface area contributed by atoms with Crippen molar-refractivity contribution in [2.45, 2.75) is 5.92 Å². The van der Waals surface area contributed by atoms with Crippen molar-refractivity contribution in [1.82, 2.24) is 0 Å². The molecule has 0 radical (unpaired) electrons. The summed E-state index contributed by atoms with van der Waals surface area (Å²) in [6.45, 7) is -1.69. The van der Waals surface area contributed by atoms with Crippen molar-refractivity contribution >= 4 is 22.9 Å². The van der Waals surface area contributed by atoms with Crippen molar-refractivity contribution in [2.75, 3.05) is 6.67 Å². The van der Waals surface area contributed by atoms with Gasteiger partial charge in [0, 0.05) is 0 Å². The maximum atomic E-state index is 13.1. The lowest BCUT2D eigenvalue weighted by molar-refractivity contribution is -0.153. The van der Waals surface area contributed by atoms with Crippen LogP contribution in [0.1, 0.15) is 4.88 Å². The van der Waals surface area contributed by atoms with E-state index in [0.717, 1.165) is 6.07 Å². The lowest BCUT2D eigenvalue weighted by Crippen LogP contribution is -2.32. The molecule has 0 unspecified atom stereocenters. The number of hydrogen-bond acceptors (Lipinski definition) is 3. The zero-order valence-corrected chi connectivity index (χ0v) is 7.61. The molecular weight excluding hydrogens is 217 g/mol. The number of rotatable bonds is 4. The van der Waals surface area contributed by atoms with Crippen molar-refractivity contribution in [2.24, 2.45) is 0 Å². The van der Waals surface area contributed by atoms with Crippen LogP contribution >= 0.6 is 11.3 Å². The van der Waals surface area contributed by atoms with Crippen LogP contribution in [0.15, 0.2) is 17.5 Å². The van der Waals surface area contributed by atoms with E-state index in [-0.39, 0.29) is 0 Å². The van der Waals surface area contributed by atoms with Gasteiger partial charge in [0.15, 0.2) is 6.67 Å². The summed E-state index contributed by atoms with van der Waals surface area (Å²) in [5, 5.41) is 1.34. The lowest BCUT2D eigenvalue weighted by atomic mass is 10.1.